The van der Waals surface area contributed by atoms with E-state index in [4.69, 9.17) is 10.5 Å². The summed E-state index contributed by atoms with van der Waals surface area (Å²) in [6.07, 6.45) is -0.622. The molecule has 0 aliphatic heterocycles. The maximum Gasteiger partial charge on any atom is 0.428 e. The average molecular weight is 244 g/mol. The van der Waals surface area contributed by atoms with E-state index in [0.29, 0.717) is 0 Å². The number of carbonyl (C=O) groups excluding carboxylic acids is 1. The van der Waals surface area contributed by atoms with Gasteiger partial charge in [0, 0.05) is 0 Å². The summed E-state index contributed by atoms with van der Waals surface area (Å²) in [4.78, 5) is 11.0. The van der Waals surface area contributed by atoms with Gasteiger partial charge in [0.1, 0.15) is 12.4 Å². The van der Waals surface area contributed by atoms with Gasteiger partial charge in [0.05, 0.1) is 0 Å². The van der Waals surface area contributed by atoms with Gasteiger partial charge in [-0.05, 0) is 12.5 Å². The average Bonchev–Trinajstić information content (AvgIpc) is 2.25. The number of amidine groups is 1. The maximum atomic E-state index is 11.0. The van der Waals surface area contributed by atoms with Crippen LogP contribution in [0.4, 0.5) is 4.79 Å². The van der Waals surface area contributed by atoms with E-state index in [0.717, 1.165) is 5.56 Å². The van der Waals surface area contributed by atoms with Gasteiger partial charge < -0.3 is 10.5 Å². The Balaban J connectivity index is 0.00000225. The molecule has 6 heteroatoms. The SMILES string of the molecule is CC(N)=NNC(=O)OCc1ccccc1.Cl. The van der Waals surface area contributed by atoms with Crippen LogP contribution >= 0.6 is 12.4 Å². The van der Waals surface area contributed by atoms with Crippen LogP contribution in [0.2, 0.25) is 0 Å². The lowest BCUT2D eigenvalue weighted by Gasteiger charge is -2.03. The van der Waals surface area contributed by atoms with Crippen molar-refractivity contribution in [2.24, 2.45) is 10.8 Å². The van der Waals surface area contributed by atoms with Gasteiger partial charge in [-0.2, -0.15) is 5.10 Å². The number of halogens is 1. The topological polar surface area (TPSA) is 76.7 Å². The summed E-state index contributed by atoms with van der Waals surface area (Å²) < 4.78 is 4.87. The first-order valence-corrected chi connectivity index (χ1v) is 4.45. The fraction of sp³-hybridized carbons (Fsp3) is 0.200. The zero-order chi connectivity index (χ0) is 11.1. The van der Waals surface area contributed by atoms with E-state index < -0.39 is 6.09 Å². The Hall–Kier alpha value is -1.75. The minimum atomic E-state index is -0.622. The highest BCUT2D eigenvalue weighted by atomic mass is 35.5. The Bertz CT molecular complexity index is 350. The number of carbonyl (C=O) groups is 1. The quantitative estimate of drug-likeness (QED) is 0.481. The molecule has 88 valence electrons. The van der Waals surface area contributed by atoms with Crippen LogP contribution in [0.25, 0.3) is 0 Å². The molecule has 0 atom stereocenters. The fourth-order valence-corrected chi connectivity index (χ4v) is 0.889. The molecule has 0 saturated heterocycles. The second-order valence-corrected chi connectivity index (χ2v) is 2.93. The second-order valence-electron chi connectivity index (χ2n) is 2.93. The third-order valence-corrected chi connectivity index (χ3v) is 1.54. The lowest BCUT2D eigenvalue weighted by Crippen LogP contribution is -2.22. The number of hydrogen-bond acceptors (Lipinski definition) is 3. The predicted octanol–water partition coefficient (Wildman–Crippen LogP) is 1.63. The van der Waals surface area contributed by atoms with Gasteiger partial charge >= 0.3 is 6.09 Å². The molecule has 0 bridgehead atoms. The van der Waals surface area contributed by atoms with Crippen molar-refractivity contribution >= 4 is 24.3 Å². The summed E-state index contributed by atoms with van der Waals surface area (Å²) in [5, 5.41) is 3.51. The first-order valence-electron chi connectivity index (χ1n) is 4.45. The summed E-state index contributed by atoms with van der Waals surface area (Å²) in [5.74, 6) is 0.270. The standard InChI is InChI=1S/C10H13N3O2.ClH/c1-8(11)12-13-10(14)15-7-9-5-3-2-4-6-9;/h2-6H,7H2,1H3,(H2,11,12)(H,13,14);1H. The van der Waals surface area contributed by atoms with E-state index in [2.05, 4.69) is 10.5 Å². The number of nitrogens with zero attached hydrogens (tertiary/aromatic N) is 1. The lowest BCUT2D eigenvalue weighted by atomic mass is 10.2. The molecule has 0 radical (unpaired) electrons. The third kappa shape index (κ3) is 5.87. The number of ether oxygens (including phenoxy) is 1. The van der Waals surface area contributed by atoms with Crippen LogP contribution in [0.1, 0.15) is 12.5 Å². The molecule has 5 nitrogen and oxygen atoms in total. The van der Waals surface area contributed by atoms with Gasteiger partial charge in [0.15, 0.2) is 0 Å². The lowest BCUT2D eigenvalue weighted by molar-refractivity contribution is 0.140. The molecule has 16 heavy (non-hydrogen) atoms. The van der Waals surface area contributed by atoms with Crippen molar-refractivity contribution in [2.75, 3.05) is 0 Å². The molecule has 1 rings (SSSR count). The maximum absolute atomic E-state index is 11.0. The molecule has 0 aliphatic carbocycles. The highest BCUT2D eigenvalue weighted by molar-refractivity contribution is 5.85. The van der Waals surface area contributed by atoms with Crippen molar-refractivity contribution in [1.29, 1.82) is 0 Å². The van der Waals surface area contributed by atoms with Crippen LogP contribution in [-0.2, 0) is 11.3 Å². The number of nitrogens with two attached hydrogens (primary N) is 1. The summed E-state index contributed by atoms with van der Waals surface area (Å²) in [6, 6.07) is 9.37. The minimum Gasteiger partial charge on any atom is -0.443 e. The summed E-state index contributed by atoms with van der Waals surface area (Å²) >= 11 is 0. The molecule has 1 aromatic carbocycles. The van der Waals surface area contributed by atoms with E-state index in [-0.39, 0.29) is 24.8 Å². The van der Waals surface area contributed by atoms with Gasteiger partial charge in [-0.25, -0.2) is 10.2 Å². The number of hydrogen-bond donors (Lipinski definition) is 2. The van der Waals surface area contributed by atoms with Crippen molar-refractivity contribution in [3.8, 4) is 0 Å². The number of benzene rings is 1. The molecule has 0 heterocycles. The van der Waals surface area contributed by atoms with Crippen molar-refractivity contribution < 1.29 is 9.53 Å². The monoisotopic (exact) mass is 243 g/mol. The molecule has 3 N–H and O–H groups in total. The third-order valence-electron chi connectivity index (χ3n) is 1.54. The van der Waals surface area contributed by atoms with Crippen LogP contribution < -0.4 is 11.2 Å². The van der Waals surface area contributed by atoms with Crippen molar-refractivity contribution in [2.45, 2.75) is 13.5 Å². The molecular weight excluding hydrogens is 230 g/mol. The Kier molecular flexibility index (Phi) is 6.71. The van der Waals surface area contributed by atoms with Crippen LogP contribution in [0.3, 0.4) is 0 Å². The van der Waals surface area contributed by atoms with Gasteiger partial charge in [-0.1, -0.05) is 30.3 Å². The minimum absolute atomic E-state index is 0. The van der Waals surface area contributed by atoms with E-state index in [9.17, 15) is 4.79 Å². The highest BCUT2D eigenvalue weighted by Gasteiger charge is 2.00. The zero-order valence-electron chi connectivity index (χ0n) is 8.84. The number of rotatable bonds is 3. The predicted molar refractivity (Wildman–Crippen MR) is 64.3 cm³/mol. The summed E-state index contributed by atoms with van der Waals surface area (Å²) in [7, 11) is 0. The fourth-order valence-electron chi connectivity index (χ4n) is 0.889. The first kappa shape index (κ1) is 14.2. The Labute approximate surface area is 100 Å². The molecule has 0 spiro atoms. The molecule has 1 amide bonds. The molecule has 1 aromatic rings. The second kappa shape index (κ2) is 7.53. The van der Waals surface area contributed by atoms with E-state index in [1.54, 1.807) is 6.92 Å². The van der Waals surface area contributed by atoms with E-state index in [1.807, 2.05) is 30.3 Å². The van der Waals surface area contributed by atoms with Crippen molar-refractivity contribution in [3.05, 3.63) is 35.9 Å². The summed E-state index contributed by atoms with van der Waals surface area (Å²) in [6.45, 7) is 1.78. The molecular formula is C10H14ClN3O2. The highest BCUT2D eigenvalue weighted by Crippen LogP contribution is 2.00. The van der Waals surface area contributed by atoms with Gasteiger partial charge in [-0.15, -0.1) is 12.4 Å². The normalized spacial score (nSPS) is 10.2. The Morgan fingerprint density at radius 1 is 1.44 bits per heavy atom. The molecule has 0 unspecified atom stereocenters. The van der Waals surface area contributed by atoms with Crippen LogP contribution in [0.5, 0.6) is 0 Å². The van der Waals surface area contributed by atoms with Gasteiger partial charge in [0.25, 0.3) is 0 Å². The molecule has 0 aromatic heterocycles. The Morgan fingerprint density at radius 2 is 2.06 bits per heavy atom. The smallest absolute Gasteiger partial charge is 0.428 e. The van der Waals surface area contributed by atoms with Crippen LogP contribution in [0, 0.1) is 0 Å². The van der Waals surface area contributed by atoms with Crippen molar-refractivity contribution in [1.82, 2.24) is 5.43 Å². The number of amides is 1. The van der Waals surface area contributed by atoms with Gasteiger partial charge in [-0.3, -0.25) is 0 Å². The van der Waals surface area contributed by atoms with Crippen LogP contribution in [-0.4, -0.2) is 11.9 Å². The molecule has 0 fully saturated rings. The zero-order valence-corrected chi connectivity index (χ0v) is 9.66. The van der Waals surface area contributed by atoms with E-state index in [1.165, 1.54) is 0 Å². The summed E-state index contributed by atoms with van der Waals surface area (Å²) in [5.41, 5.74) is 8.30. The largest absolute Gasteiger partial charge is 0.443 e. The number of nitrogens with one attached hydrogen (secondary N) is 1. The van der Waals surface area contributed by atoms with Crippen molar-refractivity contribution in [3.63, 3.8) is 0 Å². The Morgan fingerprint density at radius 3 is 2.62 bits per heavy atom. The van der Waals surface area contributed by atoms with Gasteiger partial charge in [0.2, 0.25) is 0 Å². The molecule has 0 aliphatic rings. The van der Waals surface area contributed by atoms with Crippen LogP contribution in [0.15, 0.2) is 35.4 Å². The number of hydrazone groups is 1. The molecule has 0 saturated carbocycles. The first-order chi connectivity index (χ1) is 7.18. The van der Waals surface area contributed by atoms with E-state index >= 15 is 0 Å².